The number of carbonyl (C=O) groups excluding carboxylic acids is 2. The van der Waals surface area contributed by atoms with Gasteiger partial charge in [0.1, 0.15) is 5.54 Å². The lowest BCUT2D eigenvalue weighted by Crippen LogP contribution is -2.52. The van der Waals surface area contributed by atoms with Crippen LogP contribution >= 0.6 is 0 Å². The summed E-state index contributed by atoms with van der Waals surface area (Å²) in [6.07, 6.45) is 2.47. The number of rotatable bonds is 2. The van der Waals surface area contributed by atoms with Gasteiger partial charge in [0.05, 0.1) is 12.2 Å². The highest BCUT2D eigenvalue weighted by molar-refractivity contribution is 6.07. The molecule has 2 aliphatic rings. The quantitative estimate of drug-likeness (QED) is 0.774. The molecule has 6 heteroatoms. The molecular weight excluding hydrogens is 222 g/mol. The molecule has 90 valence electrons. The van der Waals surface area contributed by atoms with E-state index >= 15 is 0 Å². The number of amides is 3. The highest BCUT2D eigenvalue weighted by Gasteiger charge is 2.54. The third-order valence-electron chi connectivity index (χ3n) is 3.44. The summed E-state index contributed by atoms with van der Waals surface area (Å²) in [5, 5.41) is 6.50. The predicted octanol–water partition coefficient (Wildman–Crippen LogP) is 0.958. The summed E-state index contributed by atoms with van der Waals surface area (Å²) in [5.41, 5.74) is 0.122. The molecule has 1 saturated carbocycles. The van der Waals surface area contributed by atoms with Crippen LogP contribution in [0.25, 0.3) is 0 Å². The number of aromatic nitrogens is 1. The van der Waals surface area contributed by atoms with E-state index in [2.05, 4.69) is 10.5 Å². The van der Waals surface area contributed by atoms with Crippen molar-refractivity contribution in [2.24, 2.45) is 0 Å². The zero-order valence-corrected chi connectivity index (χ0v) is 9.52. The number of nitrogens with zero attached hydrogens (tertiary/aromatic N) is 2. The molecule has 0 atom stereocenters. The zero-order chi connectivity index (χ0) is 12.0. The van der Waals surface area contributed by atoms with Crippen LogP contribution in [0.3, 0.4) is 0 Å². The molecule has 0 bridgehead atoms. The summed E-state index contributed by atoms with van der Waals surface area (Å²) in [6, 6.07) is 1.40. The molecule has 0 unspecified atom stereocenters. The van der Waals surface area contributed by atoms with E-state index in [4.69, 9.17) is 4.52 Å². The van der Waals surface area contributed by atoms with Crippen LogP contribution < -0.4 is 5.32 Å². The first-order valence-corrected chi connectivity index (χ1v) is 5.67. The predicted molar refractivity (Wildman–Crippen MR) is 56.9 cm³/mol. The molecular formula is C11H13N3O3. The molecule has 2 fully saturated rings. The molecule has 3 amide bonds. The molecule has 1 aliphatic carbocycles. The van der Waals surface area contributed by atoms with Crippen LogP contribution in [0, 0.1) is 6.92 Å². The molecule has 1 aromatic rings. The van der Waals surface area contributed by atoms with Crippen molar-refractivity contribution in [2.45, 2.75) is 38.3 Å². The molecule has 2 heterocycles. The smallest absolute Gasteiger partial charge is 0.325 e. The maximum atomic E-state index is 12.1. The van der Waals surface area contributed by atoms with Crippen LogP contribution in [0.1, 0.15) is 30.7 Å². The number of carbonyl (C=O) groups is 2. The minimum absolute atomic E-state index is 0.136. The fourth-order valence-corrected chi connectivity index (χ4v) is 2.34. The lowest BCUT2D eigenvalue weighted by Gasteiger charge is -2.34. The van der Waals surface area contributed by atoms with Crippen molar-refractivity contribution in [3.8, 4) is 0 Å². The van der Waals surface area contributed by atoms with Crippen molar-refractivity contribution < 1.29 is 14.1 Å². The lowest BCUT2D eigenvalue weighted by atomic mass is 9.77. The van der Waals surface area contributed by atoms with Crippen LogP contribution in [-0.4, -0.2) is 27.5 Å². The number of imide groups is 1. The highest BCUT2D eigenvalue weighted by Crippen LogP contribution is 2.37. The fourth-order valence-electron chi connectivity index (χ4n) is 2.34. The molecule has 6 nitrogen and oxygen atoms in total. The van der Waals surface area contributed by atoms with Crippen LogP contribution in [0.4, 0.5) is 4.79 Å². The number of aryl methyl sites for hydroxylation is 1. The minimum Gasteiger partial charge on any atom is -0.359 e. The van der Waals surface area contributed by atoms with E-state index < -0.39 is 5.54 Å². The van der Waals surface area contributed by atoms with Crippen molar-refractivity contribution in [1.29, 1.82) is 0 Å². The molecule has 3 rings (SSSR count). The van der Waals surface area contributed by atoms with Crippen molar-refractivity contribution >= 4 is 11.9 Å². The Morgan fingerprint density at radius 1 is 1.53 bits per heavy atom. The van der Waals surface area contributed by atoms with Gasteiger partial charge in [0.15, 0.2) is 5.76 Å². The third-order valence-corrected chi connectivity index (χ3v) is 3.44. The van der Waals surface area contributed by atoms with E-state index in [1.165, 1.54) is 4.90 Å². The minimum atomic E-state index is -0.619. The lowest BCUT2D eigenvalue weighted by molar-refractivity contribution is -0.134. The Bertz CT molecular complexity index is 490. The molecule has 1 spiro atoms. The first-order chi connectivity index (χ1) is 8.11. The summed E-state index contributed by atoms with van der Waals surface area (Å²) in [7, 11) is 0. The Hall–Kier alpha value is -1.85. The first kappa shape index (κ1) is 10.3. The summed E-state index contributed by atoms with van der Waals surface area (Å²) in [6.45, 7) is 1.96. The summed E-state index contributed by atoms with van der Waals surface area (Å²) in [5.74, 6) is 0.394. The average Bonchev–Trinajstić information content (AvgIpc) is 2.74. The van der Waals surface area contributed by atoms with Crippen LogP contribution in [-0.2, 0) is 11.3 Å². The van der Waals surface area contributed by atoms with Gasteiger partial charge in [-0.2, -0.15) is 0 Å². The van der Waals surface area contributed by atoms with Gasteiger partial charge in [-0.3, -0.25) is 9.69 Å². The Labute approximate surface area is 97.9 Å². The molecule has 1 saturated heterocycles. The van der Waals surface area contributed by atoms with Crippen LogP contribution in [0.5, 0.6) is 0 Å². The average molecular weight is 235 g/mol. The van der Waals surface area contributed by atoms with E-state index in [-0.39, 0.29) is 18.5 Å². The van der Waals surface area contributed by atoms with Gasteiger partial charge in [-0.25, -0.2) is 4.79 Å². The van der Waals surface area contributed by atoms with Gasteiger partial charge in [0.2, 0.25) is 0 Å². The van der Waals surface area contributed by atoms with E-state index in [1.54, 1.807) is 13.0 Å². The van der Waals surface area contributed by atoms with E-state index in [9.17, 15) is 9.59 Å². The molecule has 0 aromatic carbocycles. The summed E-state index contributed by atoms with van der Waals surface area (Å²) >= 11 is 0. The molecule has 1 N–H and O–H groups in total. The highest BCUT2D eigenvalue weighted by atomic mass is 16.5. The SMILES string of the molecule is Cc1cc(CN2C(=O)NC3(CCC3)C2=O)on1. The van der Waals surface area contributed by atoms with Gasteiger partial charge >= 0.3 is 6.03 Å². The number of hydrogen-bond donors (Lipinski definition) is 1. The number of nitrogens with one attached hydrogen (secondary N) is 1. The Morgan fingerprint density at radius 2 is 2.29 bits per heavy atom. The van der Waals surface area contributed by atoms with E-state index in [0.29, 0.717) is 5.76 Å². The third kappa shape index (κ3) is 1.44. The monoisotopic (exact) mass is 235 g/mol. The van der Waals surface area contributed by atoms with Crippen molar-refractivity contribution in [3.05, 3.63) is 17.5 Å². The zero-order valence-electron chi connectivity index (χ0n) is 9.52. The molecule has 17 heavy (non-hydrogen) atoms. The van der Waals surface area contributed by atoms with Gasteiger partial charge in [0, 0.05) is 6.07 Å². The maximum absolute atomic E-state index is 12.1. The van der Waals surface area contributed by atoms with Crippen molar-refractivity contribution in [1.82, 2.24) is 15.4 Å². The Balaban J connectivity index is 1.79. The molecule has 0 radical (unpaired) electrons. The second-order valence-corrected chi connectivity index (χ2v) is 4.69. The molecule has 1 aromatic heterocycles. The number of urea groups is 1. The summed E-state index contributed by atoms with van der Waals surface area (Å²) in [4.78, 5) is 25.1. The molecule has 1 aliphatic heterocycles. The standard InChI is InChI=1S/C11H13N3O3/c1-7-5-8(17-13-7)6-14-9(15)11(3-2-4-11)12-10(14)16/h5H,2-4,6H2,1H3,(H,12,16). The second-order valence-electron chi connectivity index (χ2n) is 4.69. The van der Waals surface area contributed by atoms with Crippen molar-refractivity contribution in [3.63, 3.8) is 0 Å². The van der Waals surface area contributed by atoms with Crippen LogP contribution in [0.2, 0.25) is 0 Å². The van der Waals surface area contributed by atoms with E-state index in [0.717, 1.165) is 25.0 Å². The maximum Gasteiger partial charge on any atom is 0.325 e. The second kappa shape index (κ2) is 3.32. The van der Waals surface area contributed by atoms with Gasteiger partial charge < -0.3 is 9.84 Å². The fraction of sp³-hybridized carbons (Fsp3) is 0.545. The Morgan fingerprint density at radius 3 is 2.76 bits per heavy atom. The normalized spacial score (nSPS) is 21.8. The van der Waals surface area contributed by atoms with Crippen LogP contribution in [0.15, 0.2) is 10.6 Å². The number of hydrogen-bond acceptors (Lipinski definition) is 4. The first-order valence-electron chi connectivity index (χ1n) is 5.67. The van der Waals surface area contributed by atoms with Crippen molar-refractivity contribution in [2.75, 3.05) is 0 Å². The van der Waals surface area contributed by atoms with Gasteiger partial charge in [-0.15, -0.1) is 0 Å². The Kier molecular flexibility index (Phi) is 2.01. The largest absolute Gasteiger partial charge is 0.359 e. The van der Waals surface area contributed by atoms with E-state index in [1.807, 2.05) is 0 Å². The van der Waals surface area contributed by atoms with Gasteiger partial charge in [-0.05, 0) is 26.2 Å². The summed E-state index contributed by atoms with van der Waals surface area (Å²) < 4.78 is 5.02. The van der Waals surface area contributed by atoms with Gasteiger partial charge in [-0.1, -0.05) is 5.16 Å². The van der Waals surface area contributed by atoms with Gasteiger partial charge in [0.25, 0.3) is 5.91 Å². The topological polar surface area (TPSA) is 75.4 Å².